The summed E-state index contributed by atoms with van der Waals surface area (Å²) in [7, 11) is 1.47. The zero-order valence-electron chi connectivity index (χ0n) is 18.0. The molecule has 174 valence electrons. The van der Waals surface area contributed by atoms with E-state index in [0.29, 0.717) is 44.9 Å². The van der Waals surface area contributed by atoms with E-state index in [-0.39, 0.29) is 12.2 Å². The fraction of sp³-hybridized carbons (Fsp3) is 0.273. The highest BCUT2D eigenvalue weighted by Crippen LogP contribution is 2.37. The molecule has 6 N–H and O–H groups in total. The van der Waals surface area contributed by atoms with Gasteiger partial charge in [0.1, 0.15) is 48.8 Å². The maximum atomic E-state index is 10.6. The molecule has 0 aliphatic carbocycles. The number of aliphatic hydroxyl groups is 2. The molecule has 1 aliphatic rings. The minimum atomic E-state index is -1.23. The van der Waals surface area contributed by atoms with Gasteiger partial charge in [-0.15, -0.1) is 0 Å². The van der Waals surface area contributed by atoms with Gasteiger partial charge in [0.05, 0.1) is 29.3 Å². The van der Waals surface area contributed by atoms with Crippen molar-refractivity contribution in [3.05, 3.63) is 42.5 Å². The van der Waals surface area contributed by atoms with E-state index >= 15 is 0 Å². The molecule has 34 heavy (non-hydrogen) atoms. The van der Waals surface area contributed by atoms with Crippen LogP contribution in [0.2, 0.25) is 0 Å². The maximum Gasteiger partial charge on any atom is 0.164 e. The van der Waals surface area contributed by atoms with E-state index in [1.165, 1.54) is 19.6 Å². The third-order valence-electron chi connectivity index (χ3n) is 5.87. The molecular formula is C22H21N7O5. The largest absolute Gasteiger partial charge is 0.493 e. The van der Waals surface area contributed by atoms with Gasteiger partial charge >= 0.3 is 0 Å². The van der Waals surface area contributed by atoms with Gasteiger partial charge in [-0.25, -0.2) is 9.97 Å². The second-order valence-electron chi connectivity index (χ2n) is 7.79. The van der Waals surface area contributed by atoms with Crippen LogP contribution < -0.4 is 20.9 Å². The standard InChI is InChI=1S/C22H21N7O5/c1-32-14-4-12-13(26-7-10(6-23)17(12)24)5-15(14)33-8-16-18(30)19(31)22(34-16)29-3-2-11-20(25)27-9-28-21(11)29/h2-5,7,9,16,18-19,22,30-31H,8H2,1H3,(H2,24,26)(H2,25,27,28)/t16-,18-,19-,22-/m1/s1. The highest BCUT2D eigenvalue weighted by atomic mass is 16.6. The number of anilines is 2. The molecule has 4 atom stereocenters. The minimum absolute atomic E-state index is 0.0846. The Morgan fingerprint density at radius 2 is 1.97 bits per heavy atom. The summed E-state index contributed by atoms with van der Waals surface area (Å²) < 4.78 is 18.8. The summed E-state index contributed by atoms with van der Waals surface area (Å²) in [5, 5.41) is 31.6. The van der Waals surface area contributed by atoms with Crippen LogP contribution in [-0.2, 0) is 4.74 Å². The van der Waals surface area contributed by atoms with Gasteiger partial charge in [0.2, 0.25) is 0 Å². The van der Waals surface area contributed by atoms with Crippen LogP contribution >= 0.6 is 0 Å². The number of hydrogen-bond acceptors (Lipinski definition) is 11. The summed E-state index contributed by atoms with van der Waals surface area (Å²) in [6.45, 7) is -0.0846. The van der Waals surface area contributed by atoms with E-state index in [4.69, 9.17) is 25.7 Å². The molecule has 3 aromatic heterocycles. The fourth-order valence-corrected chi connectivity index (χ4v) is 4.05. The second kappa shape index (κ2) is 8.31. The van der Waals surface area contributed by atoms with Crippen LogP contribution in [0.15, 0.2) is 36.9 Å². The minimum Gasteiger partial charge on any atom is -0.493 e. The SMILES string of the molecule is COc1cc2c(N)c(C#N)cnc2cc1OC[C@H]1O[C@@H](n2ccc3c(N)ncnc32)[C@H](O)[C@@H]1O. The van der Waals surface area contributed by atoms with Crippen molar-refractivity contribution in [2.75, 3.05) is 25.2 Å². The van der Waals surface area contributed by atoms with Gasteiger partial charge in [-0.1, -0.05) is 0 Å². The van der Waals surface area contributed by atoms with E-state index < -0.39 is 24.5 Å². The molecule has 0 bridgehead atoms. The Bertz CT molecular complexity index is 1430. The van der Waals surface area contributed by atoms with Crippen LogP contribution in [0.5, 0.6) is 11.5 Å². The number of aliphatic hydroxyl groups excluding tert-OH is 2. The molecule has 0 saturated carbocycles. The monoisotopic (exact) mass is 463 g/mol. The Hall–Kier alpha value is -4.18. The molecule has 1 saturated heterocycles. The molecule has 1 aromatic carbocycles. The molecule has 1 fully saturated rings. The first-order valence-corrected chi connectivity index (χ1v) is 10.3. The van der Waals surface area contributed by atoms with E-state index in [1.807, 2.05) is 6.07 Å². The van der Waals surface area contributed by atoms with E-state index in [1.54, 1.807) is 29.0 Å². The zero-order chi connectivity index (χ0) is 24.0. The number of ether oxygens (including phenoxy) is 3. The second-order valence-corrected chi connectivity index (χ2v) is 7.79. The lowest BCUT2D eigenvalue weighted by Gasteiger charge is -2.18. The molecule has 0 radical (unpaired) electrons. The molecular weight excluding hydrogens is 442 g/mol. The van der Waals surface area contributed by atoms with Gasteiger partial charge in [-0.2, -0.15) is 5.26 Å². The summed E-state index contributed by atoms with van der Waals surface area (Å²) >= 11 is 0. The van der Waals surface area contributed by atoms with E-state index in [2.05, 4.69) is 15.0 Å². The molecule has 1 aliphatic heterocycles. The van der Waals surface area contributed by atoms with Gasteiger partial charge in [-0.05, 0) is 12.1 Å². The van der Waals surface area contributed by atoms with E-state index in [9.17, 15) is 15.5 Å². The maximum absolute atomic E-state index is 10.6. The van der Waals surface area contributed by atoms with Crippen LogP contribution in [0.3, 0.4) is 0 Å². The Kier molecular flexibility index (Phi) is 5.29. The molecule has 0 amide bonds. The van der Waals surface area contributed by atoms with Crippen molar-refractivity contribution in [3.8, 4) is 17.6 Å². The number of nitrogen functional groups attached to an aromatic ring is 2. The average molecular weight is 463 g/mol. The van der Waals surface area contributed by atoms with Crippen molar-refractivity contribution >= 4 is 33.4 Å². The molecule has 12 nitrogen and oxygen atoms in total. The smallest absolute Gasteiger partial charge is 0.164 e. The number of methoxy groups -OCH3 is 1. The number of aromatic nitrogens is 4. The van der Waals surface area contributed by atoms with Gasteiger partial charge < -0.3 is 40.5 Å². The number of nitriles is 1. The number of nitrogens with zero attached hydrogens (tertiary/aromatic N) is 5. The number of rotatable bonds is 5. The van der Waals surface area contributed by atoms with Gasteiger partial charge in [0.15, 0.2) is 17.7 Å². The number of hydrogen-bond donors (Lipinski definition) is 4. The van der Waals surface area contributed by atoms with Gasteiger partial charge in [-0.3, -0.25) is 4.98 Å². The van der Waals surface area contributed by atoms with Crippen LogP contribution in [0.25, 0.3) is 21.9 Å². The van der Waals surface area contributed by atoms with Crippen LogP contribution in [0.4, 0.5) is 11.5 Å². The van der Waals surface area contributed by atoms with Crippen molar-refractivity contribution in [1.82, 2.24) is 19.5 Å². The third-order valence-corrected chi connectivity index (χ3v) is 5.87. The van der Waals surface area contributed by atoms with Crippen molar-refractivity contribution < 1.29 is 24.4 Å². The highest BCUT2D eigenvalue weighted by Gasteiger charge is 2.44. The average Bonchev–Trinajstić information content (AvgIpc) is 3.39. The Balaban J connectivity index is 1.39. The number of pyridine rings is 1. The van der Waals surface area contributed by atoms with Crippen LogP contribution in [-0.4, -0.2) is 61.8 Å². The van der Waals surface area contributed by atoms with Crippen molar-refractivity contribution in [1.29, 1.82) is 5.26 Å². The first kappa shape index (κ1) is 21.7. The third kappa shape index (κ3) is 3.39. The molecule has 4 heterocycles. The molecule has 0 spiro atoms. The number of benzene rings is 1. The van der Waals surface area contributed by atoms with Crippen molar-refractivity contribution in [2.24, 2.45) is 0 Å². The fourth-order valence-electron chi connectivity index (χ4n) is 4.05. The lowest BCUT2D eigenvalue weighted by molar-refractivity contribution is -0.0473. The summed E-state index contributed by atoms with van der Waals surface area (Å²) in [5.41, 5.74) is 13.5. The predicted octanol–water partition coefficient (Wildman–Crippen LogP) is 0.722. The molecule has 5 rings (SSSR count). The first-order valence-electron chi connectivity index (χ1n) is 10.3. The summed E-state index contributed by atoms with van der Waals surface area (Å²) in [4.78, 5) is 12.4. The molecule has 0 unspecified atom stereocenters. The normalized spacial score (nSPS) is 22.2. The lowest BCUT2D eigenvalue weighted by Crippen LogP contribution is -2.34. The van der Waals surface area contributed by atoms with Crippen molar-refractivity contribution in [3.63, 3.8) is 0 Å². The van der Waals surface area contributed by atoms with Gasteiger partial charge in [0, 0.05) is 23.8 Å². The van der Waals surface area contributed by atoms with Crippen LogP contribution in [0.1, 0.15) is 11.8 Å². The Morgan fingerprint density at radius 3 is 2.74 bits per heavy atom. The predicted molar refractivity (Wildman–Crippen MR) is 121 cm³/mol. The Labute approximate surface area is 192 Å². The van der Waals surface area contributed by atoms with Gasteiger partial charge in [0.25, 0.3) is 0 Å². The molecule has 4 aromatic rings. The summed E-state index contributed by atoms with van der Waals surface area (Å²) in [5.74, 6) is 1.01. The van der Waals surface area contributed by atoms with E-state index in [0.717, 1.165) is 0 Å². The topological polar surface area (TPSA) is 188 Å². The first-order chi connectivity index (χ1) is 16.4. The summed E-state index contributed by atoms with van der Waals surface area (Å²) in [6.07, 6.45) is 0.160. The van der Waals surface area contributed by atoms with Crippen molar-refractivity contribution in [2.45, 2.75) is 24.5 Å². The highest BCUT2D eigenvalue weighted by molar-refractivity contribution is 5.94. The van der Waals surface area contributed by atoms with Crippen LogP contribution in [0, 0.1) is 11.3 Å². The zero-order valence-corrected chi connectivity index (χ0v) is 18.0. The number of nitrogens with two attached hydrogens (primary N) is 2. The summed E-state index contributed by atoms with van der Waals surface area (Å²) in [6, 6.07) is 6.97. The number of fused-ring (bicyclic) bond motifs is 2. The molecule has 12 heteroatoms. The Morgan fingerprint density at radius 1 is 1.15 bits per heavy atom. The quantitative estimate of drug-likeness (QED) is 0.326. The lowest BCUT2D eigenvalue weighted by atomic mass is 10.1.